The first-order valence-corrected chi connectivity index (χ1v) is 9.27. The van der Waals surface area contributed by atoms with E-state index in [0.717, 1.165) is 4.90 Å². The highest BCUT2D eigenvalue weighted by Crippen LogP contribution is 2.33. The Bertz CT molecular complexity index is 981. The fourth-order valence-electron chi connectivity index (χ4n) is 2.79. The maximum atomic E-state index is 13.4. The third-order valence-corrected chi connectivity index (χ3v) is 4.37. The molecule has 0 saturated heterocycles. The van der Waals surface area contributed by atoms with Gasteiger partial charge in [-0.3, -0.25) is 9.59 Å². The highest BCUT2D eigenvalue weighted by Gasteiger charge is 2.38. The van der Waals surface area contributed by atoms with Gasteiger partial charge in [0.15, 0.2) is 6.10 Å². The largest absolute Gasteiger partial charge is 0.438 e. The predicted octanol–water partition coefficient (Wildman–Crippen LogP) is 3.13. The van der Waals surface area contributed by atoms with Crippen molar-refractivity contribution in [1.82, 2.24) is 15.5 Å². The molecule has 2 aromatic carbocycles. The van der Waals surface area contributed by atoms with E-state index >= 15 is 0 Å². The normalized spacial score (nSPS) is 13.0. The molecule has 2 aromatic rings. The molecule has 7 nitrogen and oxygen atoms in total. The van der Waals surface area contributed by atoms with Crippen LogP contribution < -0.4 is 10.6 Å². The number of likely N-dealkylation sites (N-methyl/N-ethyl adjacent to an activating group) is 1. The lowest BCUT2D eigenvalue weighted by molar-refractivity contribution is -0.138. The van der Waals surface area contributed by atoms with Gasteiger partial charge >= 0.3 is 12.3 Å². The van der Waals surface area contributed by atoms with Crippen molar-refractivity contribution in [3.63, 3.8) is 0 Å². The van der Waals surface area contributed by atoms with E-state index in [9.17, 15) is 31.9 Å². The number of nitrogens with zero attached hydrogens (tertiary/aromatic N) is 1. The number of nitrogens with one attached hydrogen (secondary N) is 2. The molecular formula is C21H21F4N3O4. The van der Waals surface area contributed by atoms with Crippen LogP contribution in [0.4, 0.5) is 22.4 Å². The van der Waals surface area contributed by atoms with Crippen molar-refractivity contribution in [2.75, 3.05) is 21.1 Å². The number of hydrogen-bond acceptors (Lipinski definition) is 4. The molecule has 0 saturated carbocycles. The zero-order chi connectivity index (χ0) is 24.1. The van der Waals surface area contributed by atoms with E-state index < -0.39 is 53.2 Å². The molecule has 3 amide bonds. The van der Waals surface area contributed by atoms with Gasteiger partial charge in [-0.15, -0.1) is 0 Å². The summed E-state index contributed by atoms with van der Waals surface area (Å²) in [5.74, 6) is -3.30. The Hall–Kier alpha value is -3.63. The van der Waals surface area contributed by atoms with Crippen LogP contribution >= 0.6 is 0 Å². The fourth-order valence-corrected chi connectivity index (χ4v) is 2.79. The van der Waals surface area contributed by atoms with E-state index in [2.05, 4.69) is 10.6 Å². The zero-order valence-electron chi connectivity index (χ0n) is 17.4. The van der Waals surface area contributed by atoms with Crippen molar-refractivity contribution in [2.45, 2.75) is 18.3 Å². The molecule has 172 valence electrons. The van der Waals surface area contributed by atoms with Gasteiger partial charge in [0.2, 0.25) is 5.91 Å². The van der Waals surface area contributed by atoms with Crippen molar-refractivity contribution in [1.29, 1.82) is 0 Å². The Morgan fingerprint density at radius 3 is 2.19 bits per heavy atom. The first-order chi connectivity index (χ1) is 15.0. The lowest BCUT2D eigenvalue weighted by atomic mass is 9.99. The molecule has 2 N–H and O–H groups in total. The number of carbonyl (C=O) groups excluding carboxylic acids is 3. The Morgan fingerprint density at radius 2 is 1.66 bits per heavy atom. The quantitative estimate of drug-likeness (QED) is 0.656. The average molecular weight is 455 g/mol. The fraction of sp³-hybridized carbons (Fsp3) is 0.286. The summed E-state index contributed by atoms with van der Waals surface area (Å²) >= 11 is 0. The topological polar surface area (TPSA) is 87.7 Å². The molecule has 2 atom stereocenters. The Balaban J connectivity index is 2.49. The Kier molecular flexibility index (Phi) is 7.79. The van der Waals surface area contributed by atoms with Gasteiger partial charge in [-0.25, -0.2) is 9.18 Å². The molecule has 0 heterocycles. The van der Waals surface area contributed by atoms with Gasteiger partial charge in [0.1, 0.15) is 11.9 Å². The van der Waals surface area contributed by atoms with Crippen molar-refractivity contribution >= 4 is 17.9 Å². The van der Waals surface area contributed by atoms with Gasteiger partial charge in [0, 0.05) is 21.1 Å². The molecule has 0 bridgehead atoms. The summed E-state index contributed by atoms with van der Waals surface area (Å²) < 4.78 is 58.8. The SMILES string of the molecule is CNC(=O)C(NC(=O)c1ccc(F)cc1C(F)(F)F)C(OC(=O)N(C)C)c1ccccc1. The number of halogens is 4. The van der Waals surface area contributed by atoms with Crippen LogP contribution in [-0.2, 0) is 15.7 Å². The number of benzene rings is 2. The minimum atomic E-state index is -5.02. The highest BCUT2D eigenvalue weighted by atomic mass is 19.4. The molecule has 0 spiro atoms. The summed E-state index contributed by atoms with van der Waals surface area (Å²) in [6, 6.07) is 7.85. The minimum Gasteiger partial charge on any atom is -0.438 e. The summed E-state index contributed by atoms with van der Waals surface area (Å²) in [4.78, 5) is 38.6. The summed E-state index contributed by atoms with van der Waals surface area (Å²) in [6.45, 7) is 0. The molecule has 0 aliphatic rings. The van der Waals surface area contributed by atoms with Crippen LogP contribution in [0.5, 0.6) is 0 Å². The van der Waals surface area contributed by atoms with Crippen LogP contribution in [0.3, 0.4) is 0 Å². The van der Waals surface area contributed by atoms with Crippen LogP contribution in [0.1, 0.15) is 27.6 Å². The van der Waals surface area contributed by atoms with Gasteiger partial charge < -0.3 is 20.3 Å². The number of carbonyl (C=O) groups is 3. The molecule has 32 heavy (non-hydrogen) atoms. The van der Waals surface area contributed by atoms with E-state index in [-0.39, 0.29) is 6.07 Å². The predicted molar refractivity (Wildman–Crippen MR) is 106 cm³/mol. The van der Waals surface area contributed by atoms with Crippen LogP contribution in [0.25, 0.3) is 0 Å². The second-order valence-corrected chi connectivity index (χ2v) is 6.86. The Morgan fingerprint density at radius 1 is 1.03 bits per heavy atom. The van der Waals surface area contributed by atoms with Gasteiger partial charge in [-0.05, 0) is 23.8 Å². The van der Waals surface area contributed by atoms with Gasteiger partial charge in [-0.2, -0.15) is 13.2 Å². The summed E-state index contributed by atoms with van der Waals surface area (Å²) in [6.07, 6.45) is -7.24. The van der Waals surface area contributed by atoms with Crippen LogP contribution in [0.15, 0.2) is 48.5 Å². The molecule has 11 heteroatoms. The number of ether oxygens (including phenoxy) is 1. The van der Waals surface area contributed by atoms with Gasteiger partial charge in [-0.1, -0.05) is 30.3 Å². The third kappa shape index (κ3) is 5.96. The van der Waals surface area contributed by atoms with Crippen molar-refractivity contribution in [2.24, 2.45) is 0 Å². The van der Waals surface area contributed by atoms with E-state index in [0.29, 0.717) is 17.7 Å². The molecule has 0 aliphatic heterocycles. The molecule has 2 unspecified atom stereocenters. The minimum absolute atomic E-state index is 0.185. The van der Waals surface area contributed by atoms with E-state index in [1.807, 2.05) is 0 Å². The number of amides is 3. The van der Waals surface area contributed by atoms with Crippen LogP contribution in [-0.4, -0.2) is 50.0 Å². The maximum absolute atomic E-state index is 13.4. The van der Waals surface area contributed by atoms with Crippen molar-refractivity contribution in [3.05, 3.63) is 71.0 Å². The smallest absolute Gasteiger partial charge is 0.417 e. The molecule has 0 fully saturated rings. The molecule has 0 radical (unpaired) electrons. The second kappa shape index (κ2) is 10.1. The Labute approximate surface area is 181 Å². The van der Waals surface area contributed by atoms with Gasteiger partial charge in [0.25, 0.3) is 5.91 Å². The lowest BCUT2D eigenvalue weighted by Gasteiger charge is -2.28. The van der Waals surface area contributed by atoms with E-state index in [4.69, 9.17) is 4.74 Å². The monoisotopic (exact) mass is 455 g/mol. The standard InChI is InChI=1S/C21H21F4N3O4/c1-26-19(30)16(17(32-20(31)28(2)3)12-7-5-4-6-8-12)27-18(29)14-10-9-13(22)11-15(14)21(23,24)25/h4-11,16-17H,1-3H3,(H,26,30)(H,27,29). The van der Waals surface area contributed by atoms with Crippen LogP contribution in [0, 0.1) is 5.82 Å². The number of alkyl halides is 3. The third-order valence-electron chi connectivity index (χ3n) is 4.37. The molecule has 0 aliphatic carbocycles. The maximum Gasteiger partial charge on any atom is 0.417 e. The number of rotatable bonds is 6. The second-order valence-electron chi connectivity index (χ2n) is 6.86. The first kappa shape index (κ1) is 24.6. The molecule has 2 rings (SSSR count). The number of hydrogen-bond donors (Lipinski definition) is 2. The summed E-state index contributed by atoms with van der Waals surface area (Å²) in [7, 11) is 4.04. The van der Waals surface area contributed by atoms with Crippen molar-refractivity contribution in [3.8, 4) is 0 Å². The molecular weight excluding hydrogens is 434 g/mol. The summed E-state index contributed by atoms with van der Waals surface area (Å²) in [5, 5.41) is 4.48. The summed E-state index contributed by atoms with van der Waals surface area (Å²) in [5.41, 5.74) is -2.09. The van der Waals surface area contributed by atoms with E-state index in [1.165, 1.54) is 33.3 Å². The van der Waals surface area contributed by atoms with Gasteiger partial charge in [0.05, 0.1) is 11.1 Å². The van der Waals surface area contributed by atoms with Crippen LogP contribution in [0.2, 0.25) is 0 Å². The highest BCUT2D eigenvalue weighted by molar-refractivity contribution is 5.99. The van der Waals surface area contributed by atoms with E-state index in [1.54, 1.807) is 18.2 Å². The van der Waals surface area contributed by atoms with Crippen molar-refractivity contribution < 1.29 is 36.7 Å². The first-order valence-electron chi connectivity index (χ1n) is 9.27. The zero-order valence-corrected chi connectivity index (χ0v) is 17.4. The lowest BCUT2D eigenvalue weighted by Crippen LogP contribution is -2.51. The average Bonchev–Trinajstić information content (AvgIpc) is 2.75. The molecule has 0 aromatic heterocycles.